The van der Waals surface area contributed by atoms with Crippen LogP contribution in [0.1, 0.15) is 34.2 Å². The van der Waals surface area contributed by atoms with Gasteiger partial charge in [-0.1, -0.05) is 17.7 Å². The molecule has 2 rings (SSSR count). The Labute approximate surface area is 121 Å². The van der Waals surface area contributed by atoms with Gasteiger partial charge in [0.15, 0.2) is 0 Å². The van der Waals surface area contributed by atoms with Crippen LogP contribution in [0.2, 0.25) is 5.02 Å². The first-order valence-electron chi connectivity index (χ1n) is 6.00. The first-order valence-corrected chi connectivity index (χ1v) is 7.20. The zero-order chi connectivity index (χ0) is 14.0. The fourth-order valence-electron chi connectivity index (χ4n) is 1.63. The van der Waals surface area contributed by atoms with Crippen molar-refractivity contribution in [1.82, 2.24) is 4.98 Å². The average Bonchev–Trinajstić information content (AvgIpc) is 2.67. The lowest BCUT2D eigenvalue weighted by atomic mass is 10.1. The number of nitrogens with zero attached hydrogens (tertiary/aromatic N) is 1. The normalized spacial score (nSPS) is 12.5. The third-order valence-corrected chi connectivity index (χ3v) is 4.20. The summed E-state index contributed by atoms with van der Waals surface area (Å²) in [5, 5.41) is 10.9. The zero-order valence-corrected chi connectivity index (χ0v) is 12.7. The van der Waals surface area contributed by atoms with Crippen molar-refractivity contribution in [3.63, 3.8) is 0 Å². The number of ether oxygens (including phenoxy) is 1. The van der Waals surface area contributed by atoms with Crippen LogP contribution >= 0.6 is 22.9 Å². The summed E-state index contributed by atoms with van der Waals surface area (Å²) in [4.78, 5) is 5.61. The van der Waals surface area contributed by atoms with Crippen molar-refractivity contribution in [2.75, 3.05) is 0 Å². The molecular formula is C14H16ClNO2S. The number of thiazole rings is 1. The van der Waals surface area contributed by atoms with Gasteiger partial charge in [-0.3, -0.25) is 0 Å². The highest BCUT2D eigenvalue weighted by atomic mass is 35.5. The van der Waals surface area contributed by atoms with Crippen molar-refractivity contribution in [2.24, 2.45) is 0 Å². The van der Waals surface area contributed by atoms with Crippen LogP contribution in [0.25, 0.3) is 0 Å². The summed E-state index contributed by atoms with van der Waals surface area (Å²) < 4.78 is 5.66. The minimum atomic E-state index is -0.532. The summed E-state index contributed by atoms with van der Waals surface area (Å²) >= 11 is 7.75. The second-order valence-corrected chi connectivity index (χ2v) is 6.10. The molecule has 0 fully saturated rings. The van der Waals surface area contributed by atoms with E-state index in [-0.39, 0.29) is 0 Å². The van der Waals surface area contributed by atoms with Crippen molar-refractivity contribution in [3.05, 3.63) is 44.4 Å². The predicted molar refractivity (Wildman–Crippen MR) is 78.0 cm³/mol. The number of benzene rings is 1. The molecule has 0 amide bonds. The molecule has 0 saturated carbocycles. The molecule has 1 aromatic carbocycles. The second-order valence-electron chi connectivity index (χ2n) is 4.40. The van der Waals surface area contributed by atoms with Gasteiger partial charge in [-0.25, -0.2) is 4.98 Å². The molecule has 0 saturated heterocycles. The molecule has 0 radical (unpaired) electrons. The number of hydrogen-bond donors (Lipinski definition) is 1. The molecule has 0 aliphatic rings. The number of hydrogen-bond acceptors (Lipinski definition) is 4. The third-order valence-electron chi connectivity index (χ3n) is 2.86. The van der Waals surface area contributed by atoms with Gasteiger partial charge in [0.05, 0.1) is 16.8 Å². The van der Waals surface area contributed by atoms with E-state index in [1.54, 1.807) is 30.4 Å². The van der Waals surface area contributed by atoms with E-state index in [9.17, 15) is 5.11 Å². The molecule has 1 atom stereocenters. The van der Waals surface area contributed by atoms with Crippen molar-refractivity contribution in [1.29, 1.82) is 0 Å². The highest BCUT2D eigenvalue weighted by Gasteiger charge is 2.09. The van der Waals surface area contributed by atoms with Crippen LogP contribution in [0.15, 0.2) is 18.2 Å². The first kappa shape index (κ1) is 14.3. The summed E-state index contributed by atoms with van der Waals surface area (Å²) in [5.41, 5.74) is 1.82. The van der Waals surface area contributed by atoms with E-state index in [0.29, 0.717) is 17.4 Å². The van der Waals surface area contributed by atoms with Gasteiger partial charge in [0.1, 0.15) is 17.4 Å². The van der Waals surface area contributed by atoms with Gasteiger partial charge >= 0.3 is 0 Å². The molecule has 1 heterocycles. The predicted octanol–water partition coefficient (Wildman–Crippen LogP) is 4.05. The Balaban J connectivity index is 2.07. The summed E-state index contributed by atoms with van der Waals surface area (Å²) in [5.74, 6) is 0.608. The zero-order valence-electron chi connectivity index (χ0n) is 11.1. The number of halogens is 1. The van der Waals surface area contributed by atoms with E-state index in [1.807, 2.05) is 19.9 Å². The summed E-state index contributed by atoms with van der Waals surface area (Å²) in [6.45, 7) is 6.14. The smallest absolute Gasteiger partial charge is 0.140 e. The standard InChI is InChI=1S/C14H16ClNO2S/c1-8-10(3)19-14(16-8)7-18-13-5-4-11(9(2)17)6-12(13)15/h4-6,9,17H,7H2,1-3H3. The van der Waals surface area contributed by atoms with Gasteiger partial charge in [0.25, 0.3) is 0 Å². The van der Waals surface area contributed by atoms with Crippen LogP contribution in [-0.2, 0) is 6.61 Å². The van der Waals surface area contributed by atoms with Crippen LogP contribution in [0.4, 0.5) is 0 Å². The van der Waals surface area contributed by atoms with Crippen LogP contribution < -0.4 is 4.74 Å². The molecular weight excluding hydrogens is 282 g/mol. The van der Waals surface area contributed by atoms with Crippen LogP contribution in [0.5, 0.6) is 5.75 Å². The maximum atomic E-state index is 9.47. The fourth-order valence-corrected chi connectivity index (χ4v) is 2.73. The minimum absolute atomic E-state index is 0.410. The largest absolute Gasteiger partial charge is 0.485 e. The Kier molecular flexibility index (Phi) is 4.45. The van der Waals surface area contributed by atoms with Gasteiger partial charge in [-0.2, -0.15) is 0 Å². The topological polar surface area (TPSA) is 42.4 Å². The van der Waals surface area contributed by atoms with E-state index < -0.39 is 6.10 Å². The Morgan fingerprint density at radius 1 is 1.42 bits per heavy atom. The monoisotopic (exact) mass is 297 g/mol. The summed E-state index contributed by atoms with van der Waals surface area (Å²) in [7, 11) is 0. The van der Waals surface area contributed by atoms with E-state index in [1.165, 1.54) is 4.88 Å². The molecule has 1 N–H and O–H groups in total. The molecule has 1 unspecified atom stereocenters. The van der Waals surface area contributed by atoms with Crippen molar-refractivity contribution in [2.45, 2.75) is 33.5 Å². The SMILES string of the molecule is Cc1nc(COc2ccc(C(C)O)cc2Cl)sc1C. The Morgan fingerprint density at radius 2 is 2.16 bits per heavy atom. The number of aliphatic hydroxyl groups is 1. The fraction of sp³-hybridized carbons (Fsp3) is 0.357. The van der Waals surface area contributed by atoms with Crippen molar-refractivity contribution in [3.8, 4) is 5.75 Å². The van der Waals surface area contributed by atoms with E-state index >= 15 is 0 Å². The quantitative estimate of drug-likeness (QED) is 0.926. The Hall–Kier alpha value is -1.10. The maximum absolute atomic E-state index is 9.47. The number of rotatable bonds is 4. The summed E-state index contributed by atoms with van der Waals surface area (Å²) in [6, 6.07) is 5.31. The highest BCUT2D eigenvalue weighted by Crippen LogP contribution is 2.29. The lowest BCUT2D eigenvalue weighted by molar-refractivity contribution is 0.199. The van der Waals surface area contributed by atoms with Gasteiger partial charge < -0.3 is 9.84 Å². The molecule has 2 aromatic rings. The summed E-state index contributed by atoms with van der Waals surface area (Å²) in [6.07, 6.45) is -0.532. The van der Waals surface area contributed by atoms with Crippen molar-refractivity contribution >= 4 is 22.9 Å². The number of aliphatic hydroxyl groups excluding tert-OH is 1. The van der Waals surface area contributed by atoms with Crippen LogP contribution in [0.3, 0.4) is 0 Å². The average molecular weight is 298 g/mol. The van der Waals surface area contributed by atoms with E-state index in [0.717, 1.165) is 16.3 Å². The minimum Gasteiger partial charge on any atom is -0.485 e. The molecule has 5 heteroatoms. The molecule has 3 nitrogen and oxygen atoms in total. The van der Waals surface area contributed by atoms with Crippen LogP contribution in [0, 0.1) is 13.8 Å². The number of aromatic nitrogens is 1. The van der Waals surface area contributed by atoms with E-state index in [2.05, 4.69) is 4.98 Å². The maximum Gasteiger partial charge on any atom is 0.140 e. The van der Waals surface area contributed by atoms with Gasteiger partial charge in [-0.15, -0.1) is 11.3 Å². The molecule has 102 valence electrons. The Morgan fingerprint density at radius 3 is 2.68 bits per heavy atom. The van der Waals surface area contributed by atoms with Gasteiger partial charge in [0.2, 0.25) is 0 Å². The third kappa shape index (κ3) is 3.47. The van der Waals surface area contributed by atoms with Gasteiger partial charge in [-0.05, 0) is 38.5 Å². The lowest BCUT2D eigenvalue weighted by Crippen LogP contribution is -1.97. The van der Waals surface area contributed by atoms with E-state index in [4.69, 9.17) is 16.3 Å². The molecule has 19 heavy (non-hydrogen) atoms. The molecule has 0 spiro atoms. The molecule has 0 bridgehead atoms. The molecule has 0 aliphatic heterocycles. The Bertz CT molecular complexity index is 561. The molecule has 1 aromatic heterocycles. The highest BCUT2D eigenvalue weighted by molar-refractivity contribution is 7.11. The van der Waals surface area contributed by atoms with Gasteiger partial charge in [0, 0.05) is 4.88 Å². The second kappa shape index (κ2) is 5.90. The first-order chi connectivity index (χ1) is 8.97. The lowest BCUT2D eigenvalue weighted by Gasteiger charge is -2.09. The van der Waals surface area contributed by atoms with Crippen molar-refractivity contribution < 1.29 is 9.84 Å². The van der Waals surface area contributed by atoms with Crippen LogP contribution in [-0.4, -0.2) is 10.1 Å². The molecule has 0 aliphatic carbocycles. The number of aryl methyl sites for hydroxylation is 2.